The van der Waals surface area contributed by atoms with Crippen molar-refractivity contribution in [2.24, 2.45) is 0 Å². The molecule has 0 saturated carbocycles. The molecule has 2 aromatic rings. The largest absolute Gasteiger partial charge is 0.411 e. The molecule has 0 aliphatic rings. The lowest BCUT2D eigenvalue weighted by molar-refractivity contribution is -0.384. The Hall–Kier alpha value is -2.46. The number of nitrogens with zero attached hydrogens (tertiary/aromatic N) is 3. The summed E-state index contributed by atoms with van der Waals surface area (Å²) in [5.41, 5.74) is 0.392. The Morgan fingerprint density at radius 3 is 2.96 bits per heavy atom. The number of nitro benzene ring substituents is 1. The van der Waals surface area contributed by atoms with Gasteiger partial charge >= 0.3 is 0 Å². The molecule has 9 nitrogen and oxygen atoms in total. The summed E-state index contributed by atoms with van der Waals surface area (Å²) in [6, 6.07) is 5.92. The average Bonchev–Trinajstić information content (AvgIpc) is 3.08. The van der Waals surface area contributed by atoms with E-state index >= 15 is 0 Å². The third-order valence-corrected chi connectivity index (χ3v) is 3.95. The van der Waals surface area contributed by atoms with Crippen LogP contribution in [-0.4, -0.2) is 46.0 Å². The molecule has 1 N–H and O–H groups in total. The molecule has 1 amide bonds. The van der Waals surface area contributed by atoms with Crippen LogP contribution in [0.4, 0.5) is 5.69 Å². The predicted molar refractivity (Wildman–Crippen MR) is 95.8 cm³/mol. The van der Waals surface area contributed by atoms with E-state index in [0.717, 1.165) is 18.2 Å². The lowest BCUT2D eigenvalue weighted by Crippen LogP contribution is -2.27. The Balaban J connectivity index is 1.79. The molecular formula is C16H20N4O5S. The molecule has 10 heteroatoms. The second-order valence-corrected chi connectivity index (χ2v) is 6.52. The zero-order chi connectivity index (χ0) is 18.9. The number of hydrogen-bond donors (Lipinski definition) is 1. The van der Waals surface area contributed by atoms with Crippen molar-refractivity contribution in [1.29, 1.82) is 0 Å². The Morgan fingerprint density at radius 1 is 1.42 bits per heavy atom. The highest BCUT2D eigenvalue weighted by molar-refractivity contribution is 7.99. The molecule has 140 valence electrons. The first-order valence-electron chi connectivity index (χ1n) is 8.05. The molecule has 0 fully saturated rings. The van der Waals surface area contributed by atoms with Gasteiger partial charge in [0.05, 0.1) is 16.8 Å². The lowest BCUT2D eigenvalue weighted by Gasteiger charge is -2.07. The number of aromatic nitrogens is 2. The number of thioether (sulfide) groups is 1. The molecule has 0 radical (unpaired) electrons. The fourth-order valence-electron chi connectivity index (χ4n) is 1.93. The van der Waals surface area contributed by atoms with Crippen molar-refractivity contribution in [1.82, 2.24) is 15.5 Å². The summed E-state index contributed by atoms with van der Waals surface area (Å²) in [5.74, 6) is 0.166. The van der Waals surface area contributed by atoms with E-state index in [-0.39, 0.29) is 34.6 Å². The Kier molecular flexibility index (Phi) is 7.54. The number of nitrogens with one attached hydrogen (secondary N) is 1. The van der Waals surface area contributed by atoms with E-state index in [0.29, 0.717) is 18.7 Å². The van der Waals surface area contributed by atoms with Crippen LogP contribution >= 0.6 is 11.8 Å². The standard InChI is InChI=1S/C16H20N4O5S/c1-11(2)24-8-4-7-17-14(21)10-26-16-19-18-15(25-16)12-5-3-6-13(9-12)20(22)23/h3,5-6,9,11H,4,7-8,10H2,1-2H3,(H,17,21). The minimum Gasteiger partial charge on any atom is -0.411 e. The van der Waals surface area contributed by atoms with Gasteiger partial charge in [-0.15, -0.1) is 10.2 Å². The van der Waals surface area contributed by atoms with Crippen molar-refractivity contribution in [2.75, 3.05) is 18.9 Å². The molecule has 0 saturated heterocycles. The van der Waals surface area contributed by atoms with Crippen LogP contribution in [0.2, 0.25) is 0 Å². The second kappa shape index (κ2) is 9.88. The molecule has 0 aliphatic carbocycles. The SMILES string of the molecule is CC(C)OCCCNC(=O)CSc1nnc(-c2cccc([N+](=O)[O-])c2)o1. The topological polar surface area (TPSA) is 120 Å². The van der Waals surface area contributed by atoms with Gasteiger partial charge in [0.25, 0.3) is 10.9 Å². The Bertz CT molecular complexity index is 750. The predicted octanol–water partition coefficient (Wildman–Crippen LogP) is 2.67. The average molecular weight is 380 g/mol. The summed E-state index contributed by atoms with van der Waals surface area (Å²) in [6.07, 6.45) is 0.922. The van der Waals surface area contributed by atoms with Gasteiger partial charge in [-0.1, -0.05) is 17.8 Å². The maximum Gasteiger partial charge on any atom is 0.277 e. The molecule has 0 atom stereocenters. The van der Waals surface area contributed by atoms with Gasteiger partial charge in [0.15, 0.2) is 0 Å². The fraction of sp³-hybridized carbons (Fsp3) is 0.438. The molecule has 0 unspecified atom stereocenters. The smallest absolute Gasteiger partial charge is 0.277 e. The Labute approximate surface area is 154 Å². The van der Waals surface area contributed by atoms with Crippen LogP contribution in [0.1, 0.15) is 20.3 Å². The number of ether oxygens (including phenoxy) is 1. The van der Waals surface area contributed by atoms with Gasteiger partial charge in [0, 0.05) is 30.8 Å². The number of amides is 1. The Morgan fingerprint density at radius 2 is 2.23 bits per heavy atom. The van der Waals surface area contributed by atoms with E-state index in [1.807, 2.05) is 13.8 Å². The van der Waals surface area contributed by atoms with E-state index < -0.39 is 4.92 Å². The molecule has 1 heterocycles. The number of nitro groups is 1. The number of carbonyl (C=O) groups excluding carboxylic acids is 1. The minimum absolute atomic E-state index is 0.0595. The number of rotatable bonds is 10. The summed E-state index contributed by atoms with van der Waals surface area (Å²) in [4.78, 5) is 22.1. The first kappa shape index (κ1) is 19.9. The van der Waals surface area contributed by atoms with E-state index in [9.17, 15) is 14.9 Å². The molecule has 2 rings (SSSR count). The summed E-state index contributed by atoms with van der Waals surface area (Å²) in [5, 5.41) is 21.5. The van der Waals surface area contributed by atoms with E-state index in [1.54, 1.807) is 12.1 Å². The number of hydrogen-bond acceptors (Lipinski definition) is 8. The summed E-state index contributed by atoms with van der Waals surface area (Å²) in [6.45, 7) is 5.05. The van der Waals surface area contributed by atoms with Crippen molar-refractivity contribution in [2.45, 2.75) is 31.6 Å². The van der Waals surface area contributed by atoms with E-state index in [4.69, 9.17) is 9.15 Å². The highest BCUT2D eigenvalue weighted by Gasteiger charge is 2.14. The van der Waals surface area contributed by atoms with Crippen LogP contribution in [-0.2, 0) is 9.53 Å². The first-order valence-corrected chi connectivity index (χ1v) is 9.03. The summed E-state index contributed by atoms with van der Waals surface area (Å²) >= 11 is 1.11. The van der Waals surface area contributed by atoms with Crippen LogP contribution in [0.25, 0.3) is 11.5 Å². The quantitative estimate of drug-likeness (QED) is 0.289. The van der Waals surface area contributed by atoms with E-state index in [1.165, 1.54) is 12.1 Å². The summed E-state index contributed by atoms with van der Waals surface area (Å²) < 4.78 is 10.8. The molecule has 0 aliphatic heterocycles. The normalized spacial score (nSPS) is 10.9. The molecule has 1 aromatic heterocycles. The van der Waals surface area contributed by atoms with Crippen molar-refractivity contribution in [3.8, 4) is 11.5 Å². The van der Waals surface area contributed by atoms with Crippen LogP contribution in [0.5, 0.6) is 0 Å². The highest BCUT2D eigenvalue weighted by atomic mass is 32.2. The molecule has 1 aromatic carbocycles. The van der Waals surface area contributed by atoms with Crippen molar-refractivity contribution in [3.63, 3.8) is 0 Å². The minimum atomic E-state index is -0.494. The zero-order valence-corrected chi connectivity index (χ0v) is 15.3. The molecule has 0 spiro atoms. The first-order chi connectivity index (χ1) is 12.5. The molecular weight excluding hydrogens is 360 g/mol. The van der Waals surface area contributed by atoms with Crippen molar-refractivity contribution < 1.29 is 18.9 Å². The van der Waals surface area contributed by atoms with Crippen LogP contribution < -0.4 is 5.32 Å². The van der Waals surface area contributed by atoms with Gasteiger partial charge in [-0.25, -0.2) is 0 Å². The van der Waals surface area contributed by atoms with Gasteiger partial charge in [-0.3, -0.25) is 14.9 Å². The van der Waals surface area contributed by atoms with Gasteiger partial charge in [-0.2, -0.15) is 0 Å². The number of non-ortho nitro benzene ring substituents is 1. The number of carbonyl (C=O) groups is 1. The summed E-state index contributed by atoms with van der Waals surface area (Å²) in [7, 11) is 0. The van der Waals surface area contributed by atoms with Gasteiger partial charge in [0.2, 0.25) is 11.8 Å². The molecule has 0 bridgehead atoms. The highest BCUT2D eigenvalue weighted by Crippen LogP contribution is 2.25. The zero-order valence-electron chi connectivity index (χ0n) is 14.5. The van der Waals surface area contributed by atoms with Gasteiger partial charge < -0.3 is 14.5 Å². The van der Waals surface area contributed by atoms with Crippen molar-refractivity contribution in [3.05, 3.63) is 34.4 Å². The molecule has 26 heavy (non-hydrogen) atoms. The van der Waals surface area contributed by atoms with Crippen LogP contribution in [0.3, 0.4) is 0 Å². The third-order valence-electron chi connectivity index (χ3n) is 3.13. The van der Waals surface area contributed by atoms with Crippen molar-refractivity contribution >= 4 is 23.4 Å². The van der Waals surface area contributed by atoms with E-state index in [2.05, 4.69) is 15.5 Å². The fourth-order valence-corrected chi connectivity index (χ4v) is 2.53. The lowest BCUT2D eigenvalue weighted by atomic mass is 10.2. The number of benzene rings is 1. The van der Waals surface area contributed by atoms with Gasteiger partial charge in [0.1, 0.15) is 0 Å². The van der Waals surface area contributed by atoms with Crippen LogP contribution in [0, 0.1) is 10.1 Å². The monoisotopic (exact) mass is 380 g/mol. The third kappa shape index (κ3) is 6.45. The second-order valence-electron chi connectivity index (χ2n) is 5.59. The maximum absolute atomic E-state index is 11.8. The maximum atomic E-state index is 11.8. The van der Waals surface area contributed by atoms with Crippen LogP contribution in [0.15, 0.2) is 33.9 Å². The van der Waals surface area contributed by atoms with Gasteiger partial charge in [-0.05, 0) is 26.3 Å².